The maximum atomic E-state index is 12.9. The normalized spacial score (nSPS) is 22.7. The van der Waals surface area contributed by atoms with Gasteiger partial charge < -0.3 is 24.6 Å². The van der Waals surface area contributed by atoms with Crippen molar-refractivity contribution < 1.29 is 19.1 Å². The molecule has 31 heavy (non-hydrogen) atoms. The van der Waals surface area contributed by atoms with Crippen molar-refractivity contribution in [2.45, 2.75) is 38.8 Å². The first-order chi connectivity index (χ1) is 14.9. The summed E-state index contributed by atoms with van der Waals surface area (Å²) in [5, 5.41) is 3.26. The number of ether oxygens (including phenoxy) is 2. The molecule has 0 radical (unpaired) electrons. The van der Waals surface area contributed by atoms with E-state index in [9.17, 15) is 9.59 Å². The number of allylic oxidation sites excluding steroid dienone is 2. The van der Waals surface area contributed by atoms with Crippen LogP contribution in [0.4, 0.5) is 5.69 Å². The average Bonchev–Trinajstić information content (AvgIpc) is 2.78. The fourth-order valence-corrected chi connectivity index (χ4v) is 4.23. The highest BCUT2D eigenvalue weighted by molar-refractivity contribution is 5.90. The van der Waals surface area contributed by atoms with Gasteiger partial charge in [0.25, 0.3) is 0 Å². The van der Waals surface area contributed by atoms with E-state index in [-0.39, 0.29) is 18.0 Å². The molecule has 0 saturated carbocycles. The molecule has 2 aliphatic heterocycles. The number of benzene rings is 1. The summed E-state index contributed by atoms with van der Waals surface area (Å²) in [4.78, 5) is 28.6. The van der Waals surface area contributed by atoms with Crippen LogP contribution in [0.1, 0.15) is 37.0 Å². The summed E-state index contributed by atoms with van der Waals surface area (Å²) in [5.41, 5.74) is 3.65. The number of hydrogen-bond acceptors (Lipinski definition) is 6. The number of nitrogens with one attached hydrogen (secondary N) is 1. The maximum Gasteiger partial charge on any atom is 0.337 e. The zero-order valence-electron chi connectivity index (χ0n) is 18.7. The van der Waals surface area contributed by atoms with Crippen molar-refractivity contribution in [3.8, 4) is 0 Å². The second-order valence-electron chi connectivity index (χ2n) is 7.75. The third-order valence-corrected chi connectivity index (χ3v) is 5.76. The summed E-state index contributed by atoms with van der Waals surface area (Å²) in [6, 6.07) is 7.02. The highest BCUT2D eigenvalue weighted by atomic mass is 16.5. The summed E-state index contributed by atoms with van der Waals surface area (Å²) in [6.45, 7) is 9.43. The predicted octanol–water partition coefficient (Wildman–Crippen LogP) is 3.53. The first kappa shape index (κ1) is 22.6. The average molecular weight is 426 g/mol. The van der Waals surface area contributed by atoms with Crippen LogP contribution in [0.15, 0.2) is 60.1 Å². The number of carbonyl (C=O) groups excluding carboxylic acids is 2. The molecule has 1 aromatic rings. The molecule has 0 bridgehead atoms. The van der Waals surface area contributed by atoms with Crippen LogP contribution < -0.4 is 5.32 Å². The van der Waals surface area contributed by atoms with Crippen molar-refractivity contribution >= 4 is 17.6 Å². The lowest BCUT2D eigenvalue weighted by Gasteiger charge is -2.47. The Hall–Kier alpha value is -3.06. The number of piperazine rings is 1. The van der Waals surface area contributed by atoms with Gasteiger partial charge in [-0.15, -0.1) is 0 Å². The summed E-state index contributed by atoms with van der Waals surface area (Å²) in [6.07, 6.45) is 5.66. The number of amides is 1. The Balaban J connectivity index is 1.92. The number of anilines is 1. The van der Waals surface area contributed by atoms with E-state index in [1.165, 1.54) is 7.11 Å². The fourth-order valence-electron chi connectivity index (χ4n) is 4.23. The molecule has 1 N–H and O–H groups in total. The van der Waals surface area contributed by atoms with Crippen molar-refractivity contribution in [2.24, 2.45) is 0 Å². The molecule has 2 heterocycles. The second kappa shape index (κ2) is 9.83. The van der Waals surface area contributed by atoms with Crippen LogP contribution in [-0.2, 0) is 14.3 Å². The van der Waals surface area contributed by atoms with E-state index in [2.05, 4.69) is 16.8 Å². The number of esters is 1. The Morgan fingerprint density at radius 3 is 2.65 bits per heavy atom. The molecule has 2 aliphatic rings. The Morgan fingerprint density at radius 2 is 2.00 bits per heavy atom. The van der Waals surface area contributed by atoms with E-state index in [4.69, 9.17) is 9.47 Å². The van der Waals surface area contributed by atoms with E-state index in [1.54, 1.807) is 30.1 Å². The molecule has 1 atom stereocenters. The number of likely N-dealkylation sites (N-methyl/N-ethyl adjacent to an activating group) is 1. The largest absolute Gasteiger partial charge is 0.465 e. The van der Waals surface area contributed by atoms with Gasteiger partial charge in [-0.05, 0) is 51.0 Å². The van der Waals surface area contributed by atoms with Gasteiger partial charge in [0, 0.05) is 37.7 Å². The number of nitrogens with zero attached hydrogens (tertiary/aromatic N) is 2. The second-order valence-corrected chi connectivity index (χ2v) is 7.75. The van der Waals surface area contributed by atoms with E-state index >= 15 is 0 Å². The van der Waals surface area contributed by atoms with E-state index < -0.39 is 5.97 Å². The molecular weight excluding hydrogens is 394 g/mol. The highest BCUT2D eigenvalue weighted by Gasteiger charge is 2.39. The van der Waals surface area contributed by atoms with Gasteiger partial charge in [-0.25, -0.2) is 4.79 Å². The van der Waals surface area contributed by atoms with Crippen molar-refractivity contribution in [1.29, 1.82) is 0 Å². The molecule has 7 nitrogen and oxygen atoms in total. The Kier molecular flexibility index (Phi) is 7.17. The van der Waals surface area contributed by atoms with Crippen LogP contribution in [0.25, 0.3) is 0 Å². The molecule has 1 amide bonds. The fraction of sp³-hybridized carbons (Fsp3) is 0.417. The molecule has 1 aromatic carbocycles. The third-order valence-electron chi connectivity index (χ3n) is 5.76. The number of carbonyl (C=O) groups is 2. The minimum atomic E-state index is -0.393. The Morgan fingerprint density at radius 1 is 1.29 bits per heavy atom. The number of methoxy groups -OCH3 is 1. The number of rotatable bonds is 5. The number of hydrogen-bond donors (Lipinski definition) is 1. The van der Waals surface area contributed by atoms with E-state index in [0.717, 1.165) is 29.9 Å². The summed E-state index contributed by atoms with van der Waals surface area (Å²) in [7, 11) is 3.16. The van der Waals surface area contributed by atoms with Gasteiger partial charge in [-0.1, -0.05) is 18.7 Å². The van der Waals surface area contributed by atoms with Crippen LogP contribution in [0.3, 0.4) is 0 Å². The summed E-state index contributed by atoms with van der Waals surface area (Å²) in [5.74, 6) is -0.322. The van der Waals surface area contributed by atoms with Gasteiger partial charge in [0.05, 0.1) is 24.1 Å². The minimum absolute atomic E-state index is 0.0705. The van der Waals surface area contributed by atoms with Gasteiger partial charge in [0.2, 0.25) is 5.91 Å². The maximum absolute atomic E-state index is 12.9. The highest BCUT2D eigenvalue weighted by Crippen LogP contribution is 2.34. The molecule has 7 heteroatoms. The Bertz CT molecular complexity index is 915. The van der Waals surface area contributed by atoms with Crippen molar-refractivity contribution in [3.05, 3.63) is 65.7 Å². The lowest BCUT2D eigenvalue weighted by Crippen LogP contribution is -2.56. The van der Waals surface area contributed by atoms with Gasteiger partial charge in [-0.2, -0.15) is 0 Å². The topological polar surface area (TPSA) is 71.1 Å². The molecule has 0 aromatic heterocycles. The first-order valence-electron chi connectivity index (χ1n) is 10.5. The summed E-state index contributed by atoms with van der Waals surface area (Å²) >= 11 is 0. The molecule has 2 fully saturated rings. The van der Waals surface area contributed by atoms with E-state index in [0.29, 0.717) is 24.5 Å². The zero-order valence-corrected chi connectivity index (χ0v) is 18.7. The third kappa shape index (κ3) is 4.82. The molecule has 166 valence electrons. The van der Waals surface area contributed by atoms with Crippen LogP contribution in [-0.4, -0.2) is 61.1 Å². The standard InChI is InChI=1S/C24H31N3O4/c1-6-21-22(14-16(2)25-19-9-7-8-18(15-19)24(29)30-5)27(17(3)23(28)26(21)4)20-10-12-31-13-11-20/h6-9,14-15,17,20,25H,2,10-13H2,1,3-5H3/b21-6+,22-14+. The predicted molar refractivity (Wildman–Crippen MR) is 120 cm³/mol. The van der Waals surface area contributed by atoms with Crippen molar-refractivity contribution in [1.82, 2.24) is 9.80 Å². The monoisotopic (exact) mass is 425 g/mol. The molecule has 3 rings (SSSR count). The van der Waals surface area contributed by atoms with Gasteiger partial charge in [0.1, 0.15) is 6.04 Å². The van der Waals surface area contributed by atoms with Crippen molar-refractivity contribution in [3.63, 3.8) is 0 Å². The quantitative estimate of drug-likeness (QED) is 0.728. The summed E-state index contributed by atoms with van der Waals surface area (Å²) < 4.78 is 10.3. The van der Waals surface area contributed by atoms with E-state index in [1.807, 2.05) is 32.1 Å². The zero-order chi connectivity index (χ0) is 22.5. The van der Waals surface area contributed by atoms with Gasteiger partial charge >= 0.3 is 5.97 Å². The Labute approximate surface area is 184 Å². The van der Waals surface area contributed by atoms with Crippen LogP contribution in [0, 0.1) is 0 Å². The first-order valence-corrected chi connectivity index (χ1v) is 10.5. The molecule has 0 aliphatic carbocycles. The van der Waals surface area contributed by atoms with Crippen LogP contribution >= 0.6 is 0 Å². The van der Waals surface area contributed by atoms with Crippen molar-refractivity contribution in [2.75, 3.05) is 32.7 Å². The minimum Gasteiger partial charge on any atom is -0.465 e. The lowest BCUT2D eigenvalue weighted by molar-refractivity contribution is -0.136. The lowest BCUT2D eigenvalue weighted by atomic mass is 9.98. The van der Waals surface area contributed by atoms with Crippen LogP contribution in [0.2, 0.25) is 0 Å². The van der Waals surface area contributed by atoms with Crippen LogP contribution in [0.5, 0.6) is 0 Å². The smallest absolute Gasteiger partial charge is 0.337 e. The molecular formula is C24H31N3O4. The van der Waals surface area contributed by atoms with Gasteiger partial charge in [0.15, 0.2) is 0 Å². The molecule has 1 unspecified atom stereocenters. The SMILES string of the molecule is C=C(/C=C1\C(=C/C)N(C)C(=O)C(C)N1C1CCOCC1)Nc1cccc(C(=O)OC)c1. The molecule has 0 spiro atoms. The molecule has 2 saturated heterocycles. The van der Waals surface area contributed by atoms with Gasteiger partial charge in [-0.3, -0.25) is 4.79 Å².